The van der Waals surface area contributed by atoms with Crippen molar-refractivity contribution >= 4 is 22.1 Å². The number of methoxy groups -OCH3 is 1. The molecule has 1 N–H and O–H groups in total. The summed E-state index contributed by atoms with van der Waals surface area (Å²) in [6, 6.07) is 13.0. The van der Waals surface area contributed by atoms with E-state index in [1.54, 1.807) is 31.4 Å². The Morgan fingerprint density at radius 2 is 1.75 bits per heavy atom. The van der Waals surface area contributed by atoms with E-state index < -0.39 is 15.9 Å². The quantitative estimate of drug-likeness (QED) is 0.582. The number of hydrazone groups is 1. The van der Waals surface area contributed by atoms with Gasteiger partial charge in [0.2, 0.25) is 10.0 Å². The van der Waals surface area contributed by atoms with Crippen LogP contribution < -0.4 is 10.2 Å². The molecule has 0 spiro atoms. The van der Waals surface area contributed by atoms with Gasteiger partial charge in [-0.05, 0) is 54.1 Å². The first-order valence-corrected chi connectivity index (χ1v) is 10.1. The van der Waals surface area contributed by atoms with Gasteiger partial charge >= 0.3 is 0 Å². The molecule has 1 amide bonds. The third-order valence-electron chi connectivity index (χ3n) is 4.22. The molecule has 28 heavy (non-hydrogen) atoms. The van der Waals surface area contributed by atoms with Crippen LogP contribution in [0.2, 0.25) is 0 Å². The van der Waals surface area contributed by atoms with Gasteiger partial charge in [-0.3, -0.25) is 4.79 Å². The molecule has 0 atom stereocenters. The Hall–Kier alpha value is -2.75. The summed E-state index contributed by atoms with van der Waals surface area (Å²) in [4.78, 5) is 12.3. The first-order chi connectivity index (χ1) is 13.5. The van der Waals surface area contributed by atoms with Crippen molar-refractivity contribution in [3.8, 4) is 5.75 Å². The van der Waals surface area contributed by atoms with Gasteiger partial charge in [-0.25, -0.2) is 13.8 Å². The number of carbonyl (C=O) groups excluding carboxylic acids is 1. The van der Waals surface area contributed by atoms with Crippen LogP contribution in [0.25, 0.3) is 0 Å². The second-order valence-corrected chi connectivity index (χ2v) is 7.95. The van der Waals surface area contributed by atoms with Crippen LogP contribution in [0.1, 0.15) is 15.9 Å². The first-order valence-electron chi connectivity index (χ1n) is 8.66. The minimum Gasteiger partial charge on any atom is -0.497 e. The lowest BCUT2D eigenvalue weighted by Crippen LogP contribution is -2.40. The summed E-state index contributed by atoms with van der Waals surface area (Å²) in [6.07, 6.45) is 1.51. The van der Waals surface area contributed by atoms with Crippen LogP contribution in [0, 0.1) is 0 Å². The van der Waals surface area contributed by atoms with Crippen LogP contribution in [0.4, 0.5) is 0 Å². The van der Waals surface area contributed by atoms with E-state index in [-0.39, 0.29) is 4.90 Å². The number of nitrogens with one attached hydrogen (secondary N) is 1. The molecule has 0 aliphatic carbocycles. The molecule has 8 nitrogen and oxygen atoms in total. The highest BCUT2D eigenvalue weighted by Gasteiger charge is 2.26. The summed E-state index contributed by atoms with van der Waals surface area (Å²) < 4.78 is 36.8. The molecule has 2 aromatic carbocycles. The number of rotatable bonds is 6. The maximum Gasteiger partial charge on any atom is 0.271 e. The minimum atomic E-state index is -3.58. The van der Waals surface area contributed by atoms with Crippen LogP contribution >= 0.6 is 0 Å². The van der Waals surface area contributed by atoms with Gasteiger partial charge in [0, 0.05) is 18.7 Å². The van der Waals surface area contributed by atoms with Gasteiger partial charge in [0.15, 0.2) is 0 Å². The molecule has 1 saturated heterocycles. The Bertz CT molecular complexity index is 935. The second kappa shape index (κ2) is 8.96. The number of amides is 1. The fourth-order valence-electron chi connectivity index (χ4n) is 2.63. The molecule has 0 bridgehead atoms. The van der Waals surface area contributed by atoms with Gasteiger partial charge in [0.1, 0.15) is 5.75 Å². The zero-order valence-electron chi connectivity index (χ0n) is 15.4. The number of hydrogen-bond donors (Lipinski definition) is 1. The Morgan fingerprint density at radius 1 is 1.11 bits per heavy atom. The molecule has 0 aromatic heterocycles. The van der Waals surface area contributed by atoms with Crippen molar-refractivity contribution < 1.29 is 22.7 Å². The van der Waals surface area contributed by atoms with Gasteiger partial charge < -0.3 is 9.47 Å². The van der Waals surface area contributed by atoms with Crippen molar-refractivity contribution in [3.63, 3.8) is 0 Å². The highest BCUT2D eigenvalue weighted by Crippen LogP contribution is 2.17. The van der Waals surface area contributed by atoms with Crippen LogP contribution in [0.5, 0.6) is 5.75 Å². The zero-order valence-corrected chi connectivity index (χ0v) is 16.2. The van der Waals surface area contributed by atoms with Crippen LogP contribution in [0.3, 0.4) is 0 Å². The topological polar surface area (TPSA) is 97.3 Å². The third-order valence-corrected chi connectivity index (χ3v) is 6.13. The fraction of sp³-hybridized carbons (Fsp3) is 0.263. The maximum absolute atomic E-state index is 12.6. The van der Waals surface area contributed by atoms with Gasteiger partial charge in [-0.2, -0.15) is 9.41 Å². The molecular weight excluding hydrogens is 382 g/mol. The van der Waals surface area contributed by atoms with Crippen LogP contribution in [-0.4, -0.2) is 58.3 Å². The van der Waals surface area contributed by atoms with Crippen LogP contribution in [0.15, 0.2) is 58.5 Å². The minimum absolute atomic E-state index is 0.146. The van der Waals surface area contributed by atoms with E-state index in [9.17, 15) is 13.2 Å². The third kappa shape index (κ3) is 4.75. The normalized spacial score (nSPS) is 15.5. The van der Waals surface area contributed by atoms with Gasteiger partial charge in [0.05, 0.1) is 31.4 Å². The summed E-state index contributed by atoms with van der Waals surface area (Å²) in [5.41, 5.74) is 3.53. The Kier molecular flexibility index (Phi) is 6.40. The molecule has 0 unspecified atom stereocenters. The Morgan fingerprint density at radius 3 is 2.36 bits per heavy atom. The molecule has 1 fully saturated rings. The summed E-state index contributed by atoms with van der Waals surface area (Å²) in [7, 11) is -2.00. The largest absolute Gasteiger partial charge is 0.497 e. The lowest BCUT2D eigenvalue weighted by Gasteiger charge is -2.26. The number of nitrogens with zero attached hydrogens (tertiary/aromatic N) is 2. The number of ether oxygens (including phenoxy) is 2. The van der Waals surface area contributed by atoms with Crippen molar-refractivity contribution in [3.05, 3.63) is 59.7 Å². The van der Waals surface area contributed by atoms with E-state index in [4.69, 9.17) is 9.47 Å². The molecule has 0 radical (unpaired) electrons. The summed E-state index contributed by atoms with van der Waals surface area (Å²) in [5, 5.41) is 3.91. The van der Waals surface area contributed by atoms with E-state index in [0.29, 0.717) is 31.9 Å². The lowest BCUT2D eigenvalue weighted by atomic mass is 10.2. The van der Waals surface area contributed by atoms with Crippen molar-refractivity contribution in [2.24, 2.45) is 5.10 Å². The number of benzene rings is 2. The summed E-state index contributed by atoms with van der Waals surface area (Å²) in [6.45, 7) is 1.41. The van der Waals surface area contributed by atoms with E-state index in [2.05, 4.69) is 10.5 Å². The Balaban J connectivity index is 1.62. The van der Waals surface area contributed by atoms with E-state index in [1.807, 2.05) is 0 Å². The van der Waals surface area contributed by atoms with Gasteiger partial charge in [0.25, 0.3) is 5.91 Å². The molecule has 2 aromatic rings. The molecule has 3 rings (SSSR count). The van der Waals surface area contributed by atoms with E-state index in [1.165, 1.54) is 34.8 Å². The number of carbonyl (C=O) groups is 1. The number of sulfonamides is 1. The molecule has 0 saturated carbocycles. The lowest BCUT2D eigenvalue weighted by molar-refractivity contribution is 0.0730. The van der Waals surface area contributed by atoms with E-state index in [0.717, 1.165) is 11.3 Å². The molecular formula is C19H21N3O5S. The molecule has 1 heterocycles. The van der Waals surface area contributed by atoms with Crippen molar-refractivity contribution in [2.75, 3.05) is 33.4 Å². The zero-order chi connectivity index (χ0) is 20.0. The predicted molar refractivity (Wildman–Crippen MR) is 104 cm³/mol. The van der Waals surface area contributed by atoms with Crippen molar-refractivity contribution in [1.82, 2.24) is 9.73 Å². The summed E-state index contributed by atoms with van der Waals surface area (Å²) in [5.74, 6) is 0.299. The molecule has 1 aliphatic rings. The standard InChI is InChI=1S/C19H21N3O5S/c1-26-17-6-2-15(3-7-17)14-20-21-19(23)16-4-8-18(9-5-16)28(24,25)22-10-12-27-13-11-22/h2-9,14H,10-13H2,1H3,(H,21,23)/b20-14-. The Labute approximate surface area is 163 Å². The number of morpholine rings is 1. The highest BCUT2D eigenvalue weighted by atomic mass is 32.2. The monoisotopic (exact) mass is 403 g/mol. The smallest absolute Gasteiger partial charge is 0.271 e. The van der Waals surface area contributed by atoms with Gasteiger partial charge in [-0.1, -0.05) is 0 Å². The molecule has 1 aliphatic heterocycles. The summed E-state index contributed by atoms with van der Waals surface area (Å²) >= 11 is 0. The average molecular weight is 403 g/mol. The molecule has 9 heteroatoms. The van der Waals surface area contributed by atoms with E-state index >= 15 is 0 Å². The highest BCUT2D eigenvalue weighted by molar-refractivity contribution is 7.89. The van der Waals surface area contributed by atoms with Crippen molar-refractivity contribution in [1.29, 1.82) is 0 Å². The SMILES string of the molecule is COc1ccc(/C=N\NC(=O)c2ccc(S(=O)(=O)N3CCOCC3)cc2)cc1. The average Bonchev–Trinajstić information content (AvgIpc) is 2.75. The molecule has 148 valence electrons. The predicted octanol–water partition coefficient (Wildman–Crippen LogP) is 1.48. The van der Waals surface area contributed by atoms with Gasteiger partial charge in [-0.15, -0.1) is 0 Å². The first kappa shape index (κ1) is 20.0. The fourth-order valence-corrected chi connectivity index (χ4v) is 4.04. The van der Waals surface area contributed by atoms with Crippen molar-refractivity contribution in [2.45, 2.75) is 4.90 Å². The van der Waals surface area contributed by atoms with Crippen LogP contribution in [-0.2, 0) is 14.8 Å². The second-order valence-electron chi connectivity index (χ2n) is 6.01. The maximum atomic E-state index is 12.6. The number of hydrogen-bond acceptors (Lipinski definition) is 6.